The summed E-state index contributed by atoms with van der Waals surface area (Å²) in [5.74, 6) is -1.13. The molecular weight excluding hydrogens is 222 g/mol. The van der Waals surface area contributed by atoms with Crippen LogP contribution in [0.25, 0.3) is 0 Å². The Morgan fingerprint density at radius 2 is 1.88 bits per heavy atom. The molecule has 6 nitrogen and oxygen atoms in total. The van der Waals surface area contributed by atoms with Crippen LogP contribution in [0.3, 0.4) is 0 Å². The first-order valence-corrected chi connectivity index (χ1v) is 6.01. The third-order valence-electron chi connectivity index (χ3n) is 2.89. The van der Waals surface area contributed by atoms with Crippen molar-refractivity contribution in [1.29, 1.82) is 0 Å². The van der Waals surface area contributed by atoms with Crippen molar-refractivity contribution in [1.82, 2.24) is 16.0 Å². The Bertz CT molecular complexity index is 275. The van der Waals surface area contributed by atoms with Crippen LogP contribution >= 0.6 is 0 Å². The van der Waals surface area contributed by atoms with E-state index in [0.717, 1.165) is 25.9 Å². The molecule has 1 aliphatic rings. The monoisotopic (exact) mass is 243 g/mol. The minimum Gasteiger partial charge on any atom is -0.480 e. The Kier molecular flexibility index (Phi) is 5.21. The fraction of sp³-hybridized carbons (Fsp3) is 0.818. The predicted octanol–water partition coefficient (Wildman–Crippen LogP) is 0.147. The number of amides is 2. The van der Waals surface area contributed by atoms with Crippen LogP contribution in [0.2, 0.25) is 0 Å². The van der Waals surface area contributed by atoms with E-state index in [2.05, 4.69) is 16.0 Å². The number of carboxylic acid groups (broad SMARTS) is 1. The zero-order valence-electron chi connectivity index (χ0n) is 10.3. The molecule has 1 saturated heterocycles. The van der Waals surface area contributed by atoms with Crippen molar-refractivity contribution in [3.05, 3.63) is 0 Å². The summed E-state index contributed by atoms with van der Waals surface area (Å²) in [6.45, 7) is 5.31. The maximum Gasteiger partial charge on any atom is 0.326 e. The quantitative estimate of drug-likeness (QED) is 0.565. The zero-order valence-corrected chi connectivity index (χ0v) is 10.3. The number of piperidine rings is 1. The van der Waals surface area contributed by atoms with E-state index in [4.69, 9.17) is 5.11 Å². The topological polar surface area (TPSA) is 90.5 Å². The molecule has 0 saturated carbocycles. The summed E-state index contributed by atoms with van der Waals surface area (Å²) in [5, 5.41) is 17.4. The van der Waals surface area contributed by atoms with Gasteiger partial charge in [0.1, 0.15) is 6.04 Å². The van der Waals surface area contributed by atoms with Crippen molar-refractivity contribution in [3.8, 4) is 0 Å². The van der Waals surface area contributed by atoms with Gasteiger partial charge in [0.25, 0.3) is 0 Å². The maximum atomic E-state index is 11.6. The van der Waals surface area contributed by atoms with E-state index < -0.39 is 18.0 Å². The van der Waals surface area contributed by atoms with Gasteiger partial charge in [0.15, 0.2) is 0 Å². The van der Waals surface area contributed by atoms with Crippen molar-refractivity contribution in [3.63, 3.8) is 0 Å². The molecule has 1 heterocycles. The summed E-state index contributed by atoms with van der Waals surface area (Å²) in [6.07, 6.45) is 1.76. The summed E-state index contributed by atoms with van der Waals surface area (Å²) in [6, 6.07) is -1.09. The van der Waals surface area contributed by atoms with Gasteiger partial charge in [-0.1, -0.05) is 13.8 Å². The van der Waals surface area contributed by atoms with Crippen LogP contribution in [0.15, 0.2) is 0 Å². The van der Waals surface area contributed by atoms with Gasteiger partial charge in [-0.15, -0.1) is 0 Å². The second kappa shape index (κ2) is 6.44. The van der Waals surface area contributed by atoms with Crippen LogP contribution in [0.1, 0.15) is 26.7 Å². The molecule has 98 valence electrons. The molecule has 6 heteroatoms. The minimum atomic E-state index is -1.000. The number of carbonyl (C=O) groups excluding carboxylic acids is 1. The van der Waals surface area contributed by atoms with Crippen molar-refractivity contribution in [2.24, 2.45) is 5.92 Å². The van der Waals surface area contributed by atoms with Crippen molar-refractivity contribution in [2.45, 2.75) is 38.8 Å². The highest BCUT2D eigenvalue weighted by atomic mass is 16.4. The molecule has 0 bridgehead atoms. The van der Waals surface area contributed by atoms with Gasteiger partial charge in [0, 0.05) is 6.04 Å². The maximum absolute atomic E-state index is 11.6. The molecule has 0 aromatic heterocycles. The standard InChI is InChI=1S/C11H21N3O3/c1-7(2)9(10(15)16)14-11(17)13-8-3-5-12-6-4-8/h7-9,12H,3-6H2,1-2H3,(H,15,16)(H2,13,14,17)/t9-/m1/s1. The molecule has 0 radical (unpaired) electrons. The van der Waals surface area contributed by atoms with Crippen LogP contribution in [0.4, 0.5) is 4.79 Å². The number of nitrogens with one attached hydrogen (secondary N) is 3. The number of carboxylic acids is 1. The lowest BCUT2D eigenvalue weighted by Gasteiger charge is -2.25. The number of rotatable bonds is 4. The van der Waals surface area contributed by atoms with Crippen molar-refractivity contribution < 1.29 is 14.7 Å². The molecule has 0 aliphatic carbocycles. The summed E-state index contributed by atoms with van der Waals surface area (Å²) in [4.78, 5) is 22.5. The number of urea groups is 1. The van der Waals surface area contributed by atoms with E-state index in [1.807, 2.05) is 0 Å². The Morgan fingerprint density at radius 3 is 2.35 bits per heavy atom. The largest absolute Gasteiger partial charge is 0.480 e. The van der Waals surface area contributed by atoms with Crippen molar-refractivity contribution in [2.75, 3.05) is 13.1 Å². The molecule has 1 atom stereocenters. The van der Waals surface area contributed by atoms with E-state index in [9.17, 15) is 9.59 Å². The van der Waals surface area contributed by atoms with Gasteiger partial charge in [-0.05, 0) is 31.8 Å². The van der Waals surface area contributed by atoms with Gasteiger partial charge in [-0.3, -0.25) is 0 Å². The third-order valence-corrected chi connectivity index (χ3v) is 2.89. The first-order valence-electron chi connectivity index (χ1n) is 6.01. The van der Waals surface area contributed by atoms with Gasteiger partial charge in [0.2, 0.25) is 0 Å². The lowest BCUT2D eigenvalue weighted by molar-refractivity contribution is -0.140. The van der Waals surface area contributed by atoms with Crippen LogP contribution in [-0.4, -0.2) is 42.3 Å². The molecule has 4 N–H and O–H groups in total. The molecule has 1 aliphatic heterocycles. The molecule has 0 spiro atoms. The molecule has 17 heavy (non-hydrogen) atoms. The predicted molar refractivity (Wildman–Crippen MR) is 63.8 cm³/mol. The highest BCUT2D eigenvalue weighted by Crippen LogP contribution is 2.04. The summed E-state index contributed by atoms with van der Waals surface area (Å²) in [7, 11) is 0. The van der Waals surface area contributed by atoms with Gasteiger partial charge >= 0.3 is 12.0 Å². The molecule has 1 rings (SSSR count). The number of carbonyl (C=O) groups is 2. The van der Waals surface area contributed by atoms with E-state index >= 15 is 0 Å². The van der Waals surface area contributed by atoms with Gasteiger partial charge in [0.05, 0.1) is 0 Å². The summed E-state index contributed by atoms with van der Waals surface area (Å²) < 4.78 is 0. The van der Waals surface area contributed by atoms with Crippen LogP contribution in [0.5, 0.6) is 0 Å². The average molecular weight is 243 g/mol. The molecule has 2 amide bonds. The lowest BCUT2D eigenvalue weighted by atomic mass is 10.0. The second-order valence-corrected chi connectivity index (χ2v) is 4.70. The molecule has 0 aromatic carbocycles. The summed E-state index contributed by atoms with van der Waals surface area (Å²) >= 11 is 0. The lowest BCUT2D eigenvalue weighted by Crippen LogP contribution is -2.52. The highest BCUT2D eigenvalue weighted by molar-refractivity contribution is 5.82. The Labute approximate surface area is 101 Å². The van der Waals surface area contributed by atoms with Gasteiger partial charge < -0.3 is 21.1 Å². The molecular formula is C11H21N3O3. The van der Waals surface area contributed by atoms with E-state index in [1.54, 1.807) is 13.8 Å². The number of hydrogen-bond donors (Lipinski definition) is 4. The minimum absolute atomic E-state index is 0.133. The Balaban J connectivity index is 2.38. The van der Waals surface area contributed by atoms with Gasteiger partial charge in [-0.2, -0.15) is 0 Å². The fourth-order valence-corrected chi connectivity index (χ4v) is 1.85. The van der Waals surface area contributed by atoms with E-state index in [-0.39, 0.29) is 12.0 Å². The van der Waals surface area contributed by atoms with E-state index in [0.29, 0.717) is 0 Å². The average Bonchev–Trinajstić information content (AvgIpc) is 2.26. The van der Waals surface area contributed by atoms with Crippen LogP contribution < -0.4 is 16.0 Å². The summed E-state index contributed by atoms with van der Waals surface area (Å²) in [5.41, 5.74) is 0. The van der Waals surface area contributed by atoms with E-state index in [1.165, 1.54) is 0 Å². The Morgan fingerprint density at radius 1 is 1.29 bits per heavy atom. The third kappa shape index (κ3) is 4.60. The normalized spacial score (nSPS) is 18.8. The number of hydrogen-bond acceptors (Lipinski definition) is 3. The molecule has 1 fully saturated rings. The van der Waals surface area contributed by atoms with Crippen molar-refractivity contribution >= 4 is 12.0 Å². The molecule has 0 unspecified atom stereocenters. The number of aliphatic carboxylic acids is 1. The van der Waals surface area contributed by atoms with Gasteiger partial charge in [-0.25, -0.2) is 9.59 Å². The van der Waals surface area contributed by atoms with Crippen LogP contribution in [-0.2, 0) is 4.79 Å². The second-order valence-electron chi connectivity index (χ2n) is 4.70. The first kappa shape index (κ1) is 13.8. The Hall–Kier alpha value is -1.30. The fourth-order valence-electron chi connectivity index (χ4n) is 1.85. The smallest absolute Gasteiger partial charge is 0.326 e. The zero-order chi connectivity index (χ0) is 12.8. The molecule has 0 aromatic rings. The SMILES string of the molecule is CC(C)[C@@H](NC(=O)NC1CCNCC1)C(=O)O. The highest BCUT2D eigenvalue weighted by Gasteiger charge is 2.24. The van der Waals surface area contributed by atoms with Crippen LogP contribution in [0, 0.1) is 5.92 Å². The first-order chi connectivity index (χ1) is 8.00.